The summed E-state index contributed by atoms with van der Waals surface area (Å²) >= 11 is 4.91. The Morgan fingerprint density at radius 1 is 0.930 bits per heavy atom. The van der Waals surface area contributed by atoms with Gasteiger partial charge in [0.1, 0.15) is 6.29 Å². The van der Waals surface area contributed by atoms with E-state index in [1.165, 1.54) is 19.3 Å². The first-order valence-corrected chi connectivity index (χ1v) is 18.3. The number of aliphatic hydroxyl groups is 1. The Bertz CT molecular complexity index is 1100. The Kier molecular flexibility index (Phi) is 9.29. The summed E-state index contributed by atoms with van der Waals surface area (Å²) in [5.74, 6) is 2.27. The van der Waals surface area contributed by atoms with Crippen molar-refractivity contribution in [3.8, 4) is 0 Å². The van der Waals surface area contributed by atoms with Crippen LogP contribution in [-0.2, 0) is 9.53 Å². The summed E-state index contributed by atoms with van der Waals surface area (Å²) in [5, 5.41) is 14.4. The summed E-state index contributed by atoms with van der Waals surface area (Å²) in [6.45, 7) is 16.9. The third kappa shape index (κ3) is 5.25. The van der Waals surface area contributed by atoms with Gasteiger partial charge in [0.25, 0.3) is 0 Å². The van der Waals surface area contributed by atoms with Gasteiger partial charge in [-0.1, -0.05) is 67.7 Å². The number of thiol groups is 1. The molecular weight excluding hydrogens is 554 g/mol. The molecule has 5 fully saturated rings. The van der Waals surface area contributed by atoms with Crippen molar-refractivity contribution < 1.29 is 19.4 Å². The molecule has 1 amide bonds. The van der Waals surface area contributed by atoms with Crippen LogP contribution in [0.3, 0.4) is 0 Å². The molecule has 2 N–H and O–H groups in total. The molecule has 5 aliphatic rings. The molecule has 5 saturated carbocycles. The molecule has 5 rings (SSSR count). The molecule has 244 valence electrons. The highest BCUT2D eigenvalue weighted by atomic mass is 32.1. The molecule has 0 spiro atoms. The van der Waals surface area contributed by atoms with E-state index >= 15 is 0 Å². The van der Waals surface area contributed by atoms with Crippen molar-refractivity contribution >= 4 is 25.0 Å². The van der Waals surface area contributed by atoms with Crippen LogP contribution >= 0.6 is 12.6 Å². The van der Waals surface area contributed by atoms with Crippen molar-refractivity contribution in [2.24, 2.45) is 51.2 Å². The van der Waals surface area contributed by atoms with E-state index in [4.69, 9.17) is 17.4 Å². The number of fused-ring (bicyclic) bond motifs is 5. The lowest BCUT2D eigenvalue weighted by Gasteiger charge is -2.72. The Balaban J connectivity index is 1.49. The lowest BCUT2D eigenvalue weighted by molar-refractivity contribution is -0.226. The van der Waals surface area contributed by atoms with E-state index < -0.39 is 5.54 Å². The fourth-order valence-corrected chi connectivity index (χ4v) is 12.3. The lowest BCUT2D eigenvalue weighted by Crippen LogP contribution is -2.68. The van der Waals surface area contributed by atoms with E-state index in [-0.39, 0.29) is 45.7 Å². The van der Waals surface area contributed by atoms with Gasteiger partial charge < -0.3 is 15.2 Å². The third-order valence-corrected chi connectivity index (χ3v) is 15.2. The van der Waals surface area contributed by atoms with Gasteiger partial charge in [-0.05, 0) is 127 Å². The Hall–Kier alpha value is -1.01. The molecule has 43 heavy (non-hydrogen) atoms. The first-order valence-electron chi connectivity index (χ1n) is 17.6. The molecule has 3 unspecified atom stereocenters. The largest absolute Gasteiger partial charge is 0.449 e. The van der Waals surface area contributed by atoms with Crippen LogP contribution in [0.1, 0.15) is 132 Å². The van der Waals surface area contributed by atoms with Gasteiger partial charge in [-0.25, -0.2) is 4.79 Å². The maximum Gasteiger partial charge on any atom is 0.407 e. The highest BCUT2D eigenvalue weighted by molar-refractivity contribution is 7.80. The molecule has 0 radical (unpaired) electrons. The maximum atomic E-state index is 13.5. The van der Waals surface area contributed by atoms with Gasteiger partial charge in [0.05, 0.1) is 18.2 Å². The minimum absolute atomic E-state index is 0.00269. The molecule has 6 heteroatoms. The van der Waals surface area contributed by atoms with Crippen LogP contribution in [0.15, 0.2) is 11.1 Å². The van der Waals surface area contributed by atoms with Crippen LogP contribution in [0.5, 0.6) is 0 Å². The molecule has 0 aliphatic heterocycles. The summed E-state index contributed by atoms with van der Waals surface area (Å²) in [4.78, 5) is 26.4. The number of carbonyl (C=O) groups is 2. The molecule has 0 bridgehead atoms. The quantitative estimate of drug-likeness (QED) is 0.159. The van der Waals surface area contributed by atoms with Gasteiger partial charge in [0.15, 0.2) is 0 Å². The number of carbonyl (C=O) groups excluding carboxylic acids is 2. The van der Waals surface area contributed by atoms with Crippen molar-refractivity contribution in [2.75, 3.05) is 12.4 Å². The van der Waals surface area contributed by atoms with Gasteiger partial charge >= 0.3 is 6.09 Å². The first-order chi connectivity index (χ1) is 20.2. The highest BCUT2D eigenvalue weighted by Crippen LogP contribution is 2.75. The van der Waals surface area contributed by atoms with Crippen molar-refractivity contribution in [1.29, 1.82) is 0 Å². The van der Waals surface area contributed by atoms with Crippen molar-refractivity contribution in [3.05, 3.63) is 11.1 Å². The predicted octanol–water partition coefficient (Wildman–Crippen LogP) is 8.54. The lowest BCUT2D eigenvalue weighted by atomic mass is 9.33. The number of hydrogen-bond donors (Lipinski definition) is 3. The monoisotopic (exact) mass is 615 g/mol. The molecule has 0 aromatic carbocycles. The fraction of sp³-hybridized carbons (Fsp3) is 0.892. The average molecular weight is 616 g/mol. The topological polar surface area (TPSA) is 75.6 Å². The Morgan fingerprint density at radius 3 is 2.26 bits per heavy atom. The molecule has 0 aromatic heterocycles. The molecule has 0 saturated heterocycles. The van der Waals surface area contributed by atoms with Crippen LogP contribution in [0.4, 0.5) is 4.79 Å². The van der Waals surface area contributed by atoms with Crippen molar-refractivity contribution in [1.82, 2.24) is 5.32 Å². The van der Waals surface area contributed by atoms with Gasteiger partial charge in [0, 0.05) is 5.75 Å². The molecular formula is C37H61NO4S. The fourth-order valence-electron chi connectivity index (χ4n) is 11.9. The van der Waals surface area contributed by atoms with E-state index in [0.29, 0.717) is 30.1 Å². The van der Waals surface area contributed by atoms with Gasteiger partial charge in [0.2, 0.25) is 0 Å². The molecule has 0 aromatic rings. The van der Waals surface area contributed by atoms with Gasteiger partial charge in [-0.2, -0.15) is 12.6 Å². The number of aliphatic hydroxyl groups excluding tert-OH is 1. The number of amides is 1. The SMILES string of the molecule is CC(C)/C(C=O)=C1\C2CCC3[C@@]4(C)CC[C@H](O)C(C)(C)C4CC[C@@]3(C)[C@]2(C)CC[C@]1(CS)NC(=O)OCC1CCCCC1. The molecule has 0 heterocycles. The number of rotatable bonds is 6. The first kappa shape index (κ1) is 33.4. The standard InChI is InChI=1S/C37H61NO4S/c1-24(2)26(21-39)31-27-13-14-29-34(5)17-16-30(40)33(3,4)28(34)15-18-36(29,7)35(27,6)19-20-37(31,23-43)38-32(41)42-22-25-11-9-8-10-12-25/h21,24-25,27-30,40,43H,8-20,22-23H2,1-7H3,(H,38,41)/b31-26+/t27?,28?,29?,30-,34-,35+,36+,37+/m0/s1. The zero-order valence-corrected chi connectivity index (χ0v) is 29.2. The Morgan fingerprint density at radius 2 is 1.63 bits per heavy atom. The molecule has 5 aliphatic carbocycles. The van der Waals surface area contributed by atoms with Crippen LogP contribution in [0.2, 0.25) is 0 Å². The van der Waals surface area contributed by atoms with Gasteiger partial charge in [-0.15, -0.1) is 0 Å². The minimum atomic E-state index is -0.682. The summed E-state index contributed by atoms with van der Waals surface area (Å²) in [7, 11) is 0. The number of hydrogen-bond acceptors (Lipinski definition) is 5. The van der Waals surface area contributed by atoms with E-state index in [1.807, 2.05) is 0 Å². The number of ether oxygens (including phenoxy) is 1. The van der Waals surface area contributed by atoms with E-state index in [2.05, 4.69) is 53.8 Å². The average Bonchev–Trinajstić information content (AvgIpc) is 2.96. The molecule has 5 nitrogen and oxygen atoms in total. The second-order valence-electron chi connectivity index (χ2n) is 17.1. The van der Waals surface area contributed by atoms with E-state index in [0.717, 1.165) is 81.6 Å². The number of alkyl carbamates (subject to hydrolysis) is 1. The van der Waals surface area contributed by atoms with Crippen molar-refractivity contribution in [2.45, 2.75) is 144 Å². The van der Waals surface area contributed by atoms with E-state index in [1.54, 1.807) is 0 Å². The highest BCUT2D eigenvalue weighted by Gasteiger charge is 2.69. The number of nitrogens with one attached hydrogen (secondary N) is 1. The smallest absolute Gasteiger partial charge is 0.407 e. The number of aldehydes is 1. The zero-order valence-electron chi connectivity index (χ0n) is 28.3. The van der Waals surface area contributed by atoms with Gasteiger partial charge in [-0.3, -0.25) is 4.79 Å². The Labute approximate surface area is 267 Å². The third-order valence-electron chi connectivity index (χ3n) is 14.6. The summed E-state index contributed by atoms with van der Waals surface area (Å²) in [6, 6.07) is 0. The minimum Gasteiger partial charge on any atom is -0.449 e. The van der Waals surface area contributed by atoms with Crippen LogP contribution in [-0.4, -0.2) is 41.5 Å². The van der Waals surface area contributed by atoms with E-state index in [9.17, 15) is 14.7 Å². The zero-order chi connectivity index (χ0) is 31.4. The summed E-state index contributed by atoms with van der Waals surface area (Å²) in [5.41, 5.74) is 1.54. The summed E-state index contributed by atoms with van der Waals surface area (Å²) in [6.07, 6.45) is 14.7. The second-order valence-corrected chi connectivity index (χ2v) is 17.4. The normalized spacial score (nSPS) is 44.0. The number of allylic oxidation sites excluding steroid dienone is 1. The van der Waals surface area contributed by atoms with Crippen molar-refractivity contribution in [3.63, 3.8) is 0 Å². The predicted molar refractivity (Wildman–Crippen MR) is 177 cm³/mol. The van der Waals surface area contributed by atoms with Crippen LogP contribution in [0, 0.1) is 51.2 Å². The maximum absolute atomic E-state index is 13.5. The molecule has 8 atom stereocenters. The van der Waals surface area contributed by atoms with Crippen LogP contribution < -0.4 is 5.32 Å². The van der Waals surface area contributed by atoms with Crippen LogP contribution in [0.25, 0.3) is 0 Å². The summed E-state index contributed by atoms with van der Waals surface area (Å²) < 4.78 is 5.89. The second kappa shape index (κ2) is 12.0.